The van der Waals surface area contributed by atoms with E-state index in [1.165, 1.54) is 7.11 Å². The molecule has 0 radical (unpaired) electrons. The lowest BCUT2D eigenvalue weighted by Gasteiger charge is -2.29. The second kappa shape index (κ2) is 5.89. The number of methoxy groups -OCH3 is 1. The summed E-state index contributed by atoms with van der Waals surface area (Å²) in [5, 5.41) is 2.80. The Labute approximate surface area is 102 Å². The highest BCUT2D eigenvalue weighted by atomic mass is 16.5. The molecule has 2 amide bonds. The van der Waals surface area contributed by atoms with Gasteiger partial charge in [0.1, 0.15) is 5.54 Å². The summed E-state index contributed by atoms with van der Waals surface area (Å²) < 4.78 is 4.76. The number of amides is 2. The molecule has 0 aliphatic carbocycles. The van der Waals surface area contributed by atoms with Gasteiger partial charge in [0, 0.05) is 13.1 Å². The van der Waals surface area contributed by atoms with Crippen LogP contribution >= 0.6 is 0 Å². The minimum atomic E-state index is -0.914. The van der Waals surface area contributed by atoms with Crippen molar-refractivity contribution in [2.45, 2.75) is 45.1 Å². The van der Waals surface area contributed by atoms with E-state index in [0.717, 1.165) is 32.4 Å². The van der Waals surface area contributed by atoms with Crippen molar-refractivity contribution < 1.29 is 14.3 Å². The summed E-state index contributed by atoms with van der Waals surface area (Å²) >= 11 is 0. The normalized spacial score (nSPS) is 18.6. The minimum absolute atomic E-state index is 0.163. The van der Waals surface area contributed by atoms with Gasteiger partial charge in [-0.05, 0) is 26.2 Å². The first-order valence-corrected chi connectivity index (χ1v) is 6.19. The van der Waals surface area contributed by atoms with Crippen LogP contribution in [-0.2, 0) is 9.53 Å². The summed E-state index contributed by atoms with van der Waals surface area (Å²) in [5.41, 5.74) is -0.914. The number of hydrogen-bond donors (Lipinski definition) is 1. The first-order chi connectivity index (χ1) is 8.03. The Morgan fingerprint density at radius 3 is 2.41 bits per heavy atom. The molecule has 5 heteroatoms. The molecule has 1 rings (SSSR count). The average molecular weight is 242 g/mol. The van der Waals surface area contributed by atoms with Gasteiger partial charge in [0.25, 0.3) is 0 Å². The number of ether oxygens (including phenoxy) is 1. The van der Waals surface area contributed by atoms with Gasteiger partial charge >= 0.3 is 12.0 Å². The van der Waals surface area contributed by atoms with Gasteiger partial charge in [0.2, 0.25) is 0 Å². The van der Waals surface area contributed by atoms with E-state index < -0.39 is 5.54 Å². The van der Waals surface area contributed by atoms with Crippen LogP contribution in [0.3, 0.4) is 0 Å². The number of urea groups is 1. The molecule has 1 unspecified atom stereocenters. The maximum atomic E-state index is 12.0. The maximum Gasteiger partial charge on any atom is 0.331 e. The number of carbonyl (C=O) groups is 2. The van der Waals surface area contributed by atoms with Crippen molar-refractivity contribution in [2.75, 3.05) is 20.2 Å². The fraction of sp³-hybridized carbons (Fsp3) is 0.833. The lowest BCUT2D eigenvalue weighted by atomic mass is 9.96. The smallest absolute Gasteiger partial charge is 0.331 e. The van der Waals surface area contributed by atoms with E-state index in [4.69, 9.17) is 4.74 Å². The van der Waals surface area contributed by atoms with Crippen LogP contribution in [0.2, 0.25) is 0 Å². The zero-order chi connectivity index (χ0) is 12.9. The Morgan fingerprint density at radius 1 is 1.35 bits per heavy atom. The molecular formula is C12H22N2O3. The zero-order valence-electron chi connectivity index (χ0n) is 10.9. The second-order valence-electron chi connectivity index (χ2n) is 4.70. The summed E-state index contributed by atoms with van der Waals surface area (Å²) in [6.07, 6.45) is 3.47. The molecule has 0 saturated carbocycles. The Kier molecular flexibility index (Phi) is 4.78. The standard InChI is InChI=1S/C12H22N2O3/c1-4-7-12(2,10(15)17-3)13-11(16)14-8-5-6-9-14/h4-9H2,1-3H3,(H,13,16). The number of rotatable bonds is 4. The molecule has 0 aromatic heterocycles. The van der Waals surface area contributed by atoms with E-state index in [0.29, 0.717) is 6.42 Å². The molecule has 1 saturated heterocycles. The highest BCUT2D eigenvalue weighted by Crippen LogP contribution is 2.16. The molecule has 0 aromatic carbocycles. The van der Waals surface area contributed by atoms with E-state index >= 15 is 0 Å². The van der Waals surface area contributed by atoms with Crippen LogP contribution in [0.25, 0.3) is 0 Å². The Hall–Kier alpha value is -1.26. The van der Waals surface area contributed by atoms with Gasteiger partial charge in [-0.25, -0.2) is 9.59 Å². The molecule has 1 heterocycles. The lowest BCUT2D eigenvalue weighted by molar-refractivity contribution is -0.147. The van der Waals surface area contributed by atoms with Crippen LogP contribution in [0.4, 0.5) is 4.79 Å². The van der Waals surface area contributed by atoms with Crippen LogP contribution in [-0.4, -0.2) is 42.6 Å². The summed E-state index contributed by atoms with van der Waals surface area (Å²) in [6, 6.07) is -0.163. The van der Waals surface area contributed by atoms with Crippen molar-refractivity contribution in [3.8, 4) is 0 Å². The fourth-order valence-corrected chi connectivity index (χ4v) is 2.18. The maximum absolute atomic E-state index is 12.0. The van der Waals surface area contributed by atoms with Crippen LogP contribution in [0.5, 0.6) is 0 Å². The van der Waals surface area contributed by atoms with Crippen LogP contribution < -0.4 is 5.32 Å². The molecule has 0 aromatic rings. The van der Waals surface area contributed by atoms with Crippen molar-refractivity contribution in [1.29, 1.82) is 0 Å². The second-order valence-corrected chi connectivity index (χ2v) is 4.70. The van der Waals surface area contributed by atoms with Gasteiger partial charge in [-0.15, -0.1) is 0 Å². The minimum Gasteiger partial charge on any atom is -0.467 e. The number of likely N-dealkylation sites (tertiary alicyclic amines) is 1. The van der Waals surface area contributed by atoms with E-state index in [-0.39, 0.29) is 12.0 Å². The highest BCUT2D eigenvalue weighted by molar-refractivity contribution is 5.87. The zero-order valence-corrected chi connectivity index (χ0v) is 10.9. The highest BCUT2D eigenvalue weighted by Gasteiger charge is 2.36. The first kappa shape index (κ1) is 13.8. The van der Waals surface area contributed by atoms with Crippen LogP contribution in [0, 0.1) is 0 Å². The molecule has 5 nitrogen and oxygen atoms in total. The third-order valence-electron chi connectivity index (χ3n) is 3.16. The van der Waals surface area contributed by atoms with Crippen molar-refractivity contribution in [2.24, 2.45) is 0 Å². The molecule has 1 atom stereocenters. The first-order valence-electron chi connectivity index (χ1n) is 6.19. The van der Waals surface area contributed by atoms with E-state index in [1.807, 2.05) is 6.92 Å². The number of hydrogen-bond acceptors (Lipinski definition) is 3. The topological polar surface area (TPSA) is 58.6 Å². The van der Waals surface area contributed by atoms with Crippen molar-refractivity contribution >= 4 is 12.0 Å². The van der Waals surface area contributed by atoms with E-state index in [9.17, 15) is 9.59 Å². The Bertz CT molecular complexity index is 287. The SMILES string of the molecule is CCCC(C)(NC(=O)N1CCCC1)C(=O)OC. The third kappa shape index (κ3) is 3.35. The molecule has 17 heavy (non-hydrogen) atoms. The predicted molar refractivity (Wildman–Crippen MR) is 64.7 cm³/mol. The average Bonchev–Trinajstić information content (AvgIpc) is 2.81. The van der Waals surface area contributed by atoms with E-state index in [1.54, 1.807) is 11.8 Å². The predicted octanol–water partition coefficient (Wildman–Crippen LogP) is 1.52. The van der Waals surface area contributed by atoms with Crippen LogP contribution in [0.15, 0.2) is 0 Å². The number of nitrogens with one attached hydrogen (secondary N) is 1. The summed E-state index contributed by atoms with van der Waals surface area (Å²) in [7, 11) is 1.35. The van der Waals surface area contributed by atoms with Crippen molar-refractivity contribution in [1.82, 2.24) is 10.2 Å². The number of esters is 1. The van der Waals surface area contributed by atoms with E-state index in [2.05, 4.69) is 5.32 Å². The van der Waals surface area contributed by atoms with Gasteiger partial charge in [-0.1, -0.05) is 13.3 Å². The third-order valence-corrected chi connectivity index (χ3v) is 3.16. The molecule has 1 N–H and O–H groups in total. The molecular weight excluding hydrogens is 220 g/mol. The molecule has 0 bridgehead atoms. The lowest BCUT2D eigenvalue weighted by Crippen LogP contribution is -2.56. The molecule has 1 fully saturated rings. The van der Waals surface area contributed by atoms with Crippen molar-refractivity contribution in [3.63, 3.8) is 0 Å². The Balaban J connectivity index is 2.65. The van der Waals surface area contributed by atoms with Crippen LogP contribution in [0.1, 0.15) is 39.5 Å². The van der Waals surface area contributed by atoms with Gasteiger partial charge in [-0.3, -0.25) is 0 Å². The molecule has 0 spiro atoms. The van der Waals surface area contributed by atoms with Crippen molar-refractivity contribution in [3.05, 3.63) is 0 Å². The van der Waals surface area contributed by atoms with Gasteiger partial charge in [0.05, 0.1) is 7.11 Å². The summed E-state index contributed by atoms with van der Waals surface area (Å²) in [6.45, 7) is 5.24. The summed E-state index contributed by atoms with van der Waals surface area (Å²) in [5.74, 6) is -0.383. The van der Waals surface area contributed by atoms with Gasteiger partial charge in [-0.2, -0.15) is 0 Å². The largest absolute Gasteiger partial charge is 0.467 e. The Morgan fingerprint density at radius 2 is 1.94 bits per heavy atom. The quantitative estimate of drug-likeness (QED) is 0.760. The number of carbonyl (C=O) groups excluding carboxylic acids is 2. The summed E-state index contributed by atoms with van der Waals surface area (Å²) in [4.78, 5) is 25.4. The number of nitrogens with zero attached hydrogens (tertiary/aromatic N) is 1. The van der Waals surface area contributed by atoms with Gasteiger partial charge in [0.15, 0.2) is 0 Å². The fourth-order valence-electron chi connectivity index (χ4n) is 2.18. The molecule has 1 aliphatic rings. The van der Waals surface area contributed by atoms with Gasteiger partial charge < -0.3 is 15.0 Å². The molecule has 1 aliphatic heterocycles. The monoisotopic (exact) mass is 242 g/mol. The molecule has 98 valence electrons.